The second-order valence-electron chi connectivity index (χ2n) is 6.97. The first kappa shape index (κ1) is 19.6. The van der Waals surface area contributed by atoms with Gasteiger partial charge in [0.25, 0.3) is 5.91 Å². The molecule has 8 nitrogen and oxygen atoms in total. The zero-order valence-electron chi connectivity index (χ0n) is 15.8. The minimum atomic E-state index is -0.304. The number of likely N-dealkylation sites (tertiary alicyclic amines) is 1. The van der Waals surface area contributed by atoms with Crippen molar-refractivity contribution in [1.29, 1.82) is 0 Å². The first-order chi connectivity index (χ1) is 13.4. The Morgan fingerprint density at radius 2 is 2.04 bits per heavy atom. The molecule has 28 heavy (non-hydrogen) atoms. The maximum atomic E-state index is 12.8. The first-order valence-corrected chi connectivity index (χ1v) is 9.15. The van der Waals surface area contributed by atoms with E-state index in [1.165, 1.54) is 11.0 Å². The number of benzene rings is 1. The molecule has 3 rings (SSSR count). The number of Topliss-reactive ketones (excluding diaryl/α,β-unsaturated/α-hetero) is 1. The molecule has 0 saturated carbocycles. The summed E-state index contributed by atoms with van der Waals surface area (Å²) < 4.78 is 5.31. The monoisotopic (exact) mass is 385 g/mol. The van der Waals surface area contributed by atoms with Crippen LogP contribution in [-0.4, -0.2) is 66.6 Å². The van der Waals surface area contributed by atoms with Crippen LogP contribution >= 0.6 is 0 Å². The number of ketones is 1. The van der Waals surface area contributed by atoms with Gasteiger partial charge in [-0.25, -0.2) is 0 Å². The summed E-state index contributed by atoms with van der Waals surface area (Å²) in [5.74, 6) is -0.332. The molecule has 2 aliphatic heterocycles. The number of carbonyl (C=O) groups is 4. The third-order valence-corrected chi connectivity index (χ3v) is 5.04. The summed E-state index contributed by atoms with van der Waals surface area (Å²) in [6, 6.07) is 5.03. The van der Waals surface area contributed by atoms with E-state index in [4.69, 9.17) is 4.74 Å². The molecule has 1 aromatic rings. The second kappa shape index (κ2) is 8.24. The Balaban J connectivity index is 1.57. The summed E-state index contributed by atoms with van der Waals surface area (Å²) in [6.45, 7) is 4.31. The quantitative estimate of drug-likeness (QED) is 0.605. The van der Waals surface area contributed by atoms with Crippen molar-refractivity contribution < 1.29 is 23.9 Å². The molecule has 1 fully saturated rings. The summed E-state index contributed by atoms with van der Waals surface area (Å²) in [5.41, 5.74) is 1.02. The molecule has 0 unspecified atom stereocenters. The van der Waals surface area contributed by atoms with Gasteiger partial charge in [-0.2, -0.15) is 0 Å². The van der Waals surface area contributed by atoms with Crippen LogP contribution in [0.1, 0.15) is 23.2 Å². The van der Waals surface area contributed by atoms with Crippen LogP contribution in [-0.2, 0) is 14.4 Å². The smallest absolute Gasteiger partial charge is 0.262 e. The number of hydrogen-bond acceptors (Lipinski definition) is 5. The molecule has 1 N–H and O–H groups in total. The van der Waals surface area contributed by atoms with E-state index in [9.17, 15) is 19.2 Å². The Morgan fingerprint density at radius 3 is 2.71 bits per heavy atom. The van der Waals surface area contributed by atoms with Gasteiger partial charge in [-0.15, -0.1) is 0 Å². The summed E-state index contributed by atoms with van der Waals surface area (Å²) in [4.78, 5) is 51.1. The number of piperidine rings is 1. The first-order valence-electron chi connectivity index (χ1n) is 9.15. The molecule has 3 amide bonds. The molecule has 0 radical (unpaired) electrons. The number of likely N-dealkylation sites (N-methyl/N-ethyl adjacent to an activating group) is 1. The number of nitrogens with zero attached hydrogens (tertiary/aromatic N) is 2. The molecule has 0 aromatic heterocycles. The maximum Gasteiger partial charge on any atom is 0.262 e. The normalized spacial score (nSPS) is 16.5. The van der Waals surface area contributed by atoms with E-state index in [1.54, 1.807) is 30.1 Å². The Labute approximate surface area is 163 Å². The number of nitrogens with one attached hydrogen (secondary N) is 1. The highest BCUT2D eigenvalue weighted by Crippen LogP contribution is 2.30. The van der Waals surface area contributed by atoms with Gasteiger partial charge in [0.2, 0.25) is 11.8 Å². The lowest BCUT2D eigenvalue weighted by molar-refractivity contribution is -0.138. The van der Waals surface area contributed by atoms with Crippen LogP contribution in [0, 0.1) is 5.92 Å². The number of fused-ring (bicyclic) bond motifs is 1. The van der Waals surface area contributed by atoms with Crippen molar-refractivity contribution in [2.45, 2.75) is 12.8 Å². The average molecular weight is 385 g/mol. The van der Waals surface area contributed by atoms with E-state index in [-0.39, 0.29) is 42.6 Å². The van der Waals surface area contributed by atoms with E-state index in [1.807, 2.05) is 0 Å². The van der Waals surface area contributed by atoms with Crippen LogP contribution in [0.2, 0.25) is 0 Å². The number of amides is 3. The fourth-order valence-electron chi connectivity index (χ4n) is 3.40. The van der Waals surface area contributed by atoms with Crippen molar-refractivity contribution in [1.82, 2.24) is 9.80 Å². The lowest BCUT2D eigenvalue weighted by atomic mass is 9.88. The molecule has 8 heteroatoms. The summed E-state index contributed by atoms with van der Waals surface area (Å²) in [6.07, 6.45) is 2.29. The largest absolute Gasteiger partial charge is 0.482 e. The molecule has 0 bridgehead atoms. The van der Waals surface area contributed by atoms with Gasteiger partial charge in [-0.3, -0.25) is 19.2 Å². The molecule has 1 saturated heterocycles. The van der Waals surface area contributed by atoms with Crippen molar-refractivity contribution in [2.24, 2.45) is 5.92 Å². The Morgan fingerprint density at radius 1 is 1.32 bits per heavy atom. The van der Waals surface area contributed by atoms with E-state index in [0.717, 1.165) is 0 Å². The van der Waals surface area contributed by atoms with Gasteiger partial charge in [0.15, 0.2) is 12.4 Å². The highest BCUT2D eigenvalue weighted by atomic mass is 16.5. The van der Waals surface area contributed by atoms with Crippen LogP contribution in [0.4, 0.5) is 5.69 Å². The molecule has 1 aromatic carbocycles. The van der Waals surface area contributed by atoms with Crippen LogP contribution in [0.5, 0.6) is 5.75 Å². The second-order valence-corrected chi connectivity index (χ2v) is 6.97. The molecular formula is C20H23N3O5. The SMILES string of the molecule is C=CC(=O)N(C)CC(=O)N1CCC(C(=O)c2ccc3c(c2)NC(=O)CO3)CC1. The predicted octanol–water partition coefficient (Wildman–Crippen LogP) is 1.08. The van der Waals surface area contributed by atoms with Crippen molar-refractivity contribution in [3.63, 3.8) is 0 Å². The predicted molar refractivity (Wildman–Crippen MR) is 102 cm³/mol. The van der Waals surface area contributed by atoms with Gasteiger partial charge in [-0.1, -0.05) is 6.58 Å². The van der Waals surface area contributed by atoms with Crippen molar-refractivity contribution in [3.05, 3.63) is 36.4 Å². The van der Waals surface area contributed by atoms with Crippen molar-refractivity contribution in [2.75, 3.05) is 38.6 Å². The van der Waals surface area contributed by atoms with Crippen LogP contribution in [0.15, 0.2) is 30.9 Å². The maximum absolute atomic E-state index is 12.8. The number of anilines is 1. The molecular weight excluding hydrogens is 362 g/mol. The Hall–Kier alpha value is -3.16. The number of rotatable bonds is 5. The van der Waals surface area contributed by atoms with Crippen LogP contribution in [0.3, 0.4) is 0 Å². The fourth-order valence-corrected chi connectivity index (χ4v) is 3.40. The lowest BCUT2D eigenvalue weighted by Crippen LogP contribution is -2.45. The van der Waals surface area contributed by atoms with Gasteiger partial charge in [-0.05, 0) is 37.1 Å². The van der Waals surface area contributed by atoms with Crippen LogP contribution in [0.25, 0.3) is 0 Å². The zero-order chi connectivity index (χ0) is 20.3. The molecule has 2 aliphatic rings. The van der Waals surface area contributed by atoms with Crippen molar-refractivity contribution in [3.8, 4) is 5.75 Å². The topological polar surface area (TPSA) is 96.0 Å². The fraction of sp³-hybridized carbons (Fsp3) is 0.400. The summed E-state index contributed by atoms with van der Waals surface area (Å²) in [5, 5.41) is 2.70. The van der Waals surface area contributed by atoms with Gasteiger partial charge < -0.3 is 19.9 Å². The van der Waals surface area contributed by atoms with Gasteiger partial charge in [0.1, 0.15) is 5.75 Å². The van der Waals surface area contributed by atoms with E-state index >= 15 is 0 Å². The molecule has 2 heterocycles. The number of ether oxygens (including phenoxy) is 1. The molecule has 148 valence electrons. The summed E-state index contributed by atoms with van der Waals surface area (Å²) in [7, 11) is 1.55. The minimum absolute atomic E-state index is 0.00586. The third kappa shape index (κ3) is 4.21. The highest BCUT2D eigenvalue weighted by molar-refractivity contribution is 6.01. The van der Waals surface area contributed by atoms with Gasteiger partial charge in [0, 0.05) is 31.6 Å². The number of carbonyl (C=O) groups excluding carboxylic acids is 4. The van der Waals surface area contributed by atoms with Gasteiger partial charge >= 0.3 is 0 Å². The van der Waals surface area contributed by atoms with E-state index in [2.05, 4.69) is 11.9 Å². The molecule has 0 aliphatic carbocycles. The minimum Gasteiger partial charge on any atom is -0.482 e. The molecule has 0 spiro atoms. The Kier molecular flexibility index (Phi) is 5.77. The standard InChI is InChI=1S/C20H23N3O5/c1-3-18(25)22(2)11-19(26)23-8-6-13(7-9-23)20(27)14-4-5-16-15(10-14)21-17(24)12-28-16/h3-5,10,13H,1,6-9,11-12H2,2H3,(H,21,24). The van der Waals surface area contributed by atoms with E-state index < -0.39 is 0 Å². The van der Waals surface area contributed by atoms with Crippen molar-refractivity contribution >= 4 is 29.2 Å². The van der Waals surface area contributed by atoms with E-state index in [0.29, 0.717) is 42.9 Å². The van der Waals surface area contributed by atoms with Crippen LogP contribution < -0.4 is 10.1 Å². The summed E-state index contributed by atoms with van der Waals surface area (Å²) >= 11 is 0. The lowest BCUT2D eigenvalue weighted by Gasteiger charge is -2.32. The average Bonchev–Trinajstić information content (AvgIpc) is 2.72. The van der Waals surface area contributed by atoms with Gasteiger partial charge in [0.05, 0.1) is 12.2 Å². The third-order valence-electron chi connectivity index (χ3n) is 5.04. The zero-order valence-corrected chi connectivity index (χ0v) is 15.8. The number of hydrogen-bond donors (Lipinski definition) is 1. The molecule has 0 atom stereocenters. The highest BCUT2D eigenvalue weighted by Gasteiger charge is 2.29. The Bertz CT molecular complexity index is 827.